The third-order valence-electron chi connectivity index (χ3n) is 1.93. The van der Waals surface area contributed by atoms with E-state index >= 15 is 0 Å². The Hall–Kier alpha value is -0.520. The number of hydrogen-bond acceptors (Lipinski definition) is 2. The monoisotopic (exact) mass is 184 g/mol. The van der Waals surface area contributed by atoms with Gasteiger partial charge in [-0.25, -0.2) is 0 Å². The molecule has 0 saturated heterocycles. The molecule has 13 heavy (non-hydrogen) atoms. The molecular weight excluding hydrogens is 164 g/mol. The van der Waals surface area contributed by atoms with Crippen molar-refractivity contribution >= 4 is 0 Å². The van der Waals surface area contributed by atoms with Crippen molar-refractivity contribution in [1.29, 1.82) is 0 Å². The highest BCUT2D eigenvalue weighted by molar-refractivity contribution is 4.99. The first-order chi connectivity index (χ1) is 6.31. The predicted molar refractivity (Wildman–Crippen MR) is 54.2 cm³/mol. The van der Waals surface area contributed by atoms with Gasteiger partial charge in [-0.15, -0.1) is 0 Å². The third kappa shape index (κ3) is 9.39. The van der Waals surface area contributed by atoms with Crippen LogP contribution in [0.4, 0.5) is 0 Å². The molecule has 0 aliphatic rings. The smallest absolute Gasteiger partial charge is 0.104 e. The summed E-state index contributed by atoms with van der Waals surface area (Å²) in [6.45, 7) is 2.06. The maximum absolute atomic E-state index is 9.39. The topological polar surface area (TPSA) is 40.5 Å². The first-order valence-corrected chi connectivity index (χ1v) is 5.06. The molecular formula is C11H20O2. The van der Waals surface area contributed by atoms with Crippen LogP contribution in [-0.2, 0) is 0 Å². The molecule has 1 atom stereocenters. The summed E-state index contributed by atoms with van der Waals surface area (Å²) in [6, 6.07) is 0. The lowest BCUT2D eigenvalue weighted by Gasteiger charge is -2.05. The van der Waals surface area contributed by atoms with Gasteiger partial charge in [-0.3, -0.25) is 0 Å². The van der Waals surface area contributed by atoms with Crippen molar-refractivity contribution in [3.8, 4) is 11.8 Å². The van der Waals surface area contributed by atoms with Crippen molar-refractivity contribution in [3.63, 3.8) is 0 Å². The standard InChI is InChI=1S/C11H20O2/c1-2-3-4-5-8-11(13)9-6-7-10-12/h11-13H,2-5,8-10H2,1H3. The first kappa shape index (κ1) is 12.5. The van der Waals surface area contributed by atoms with Gasteiger partial charge in [0.1, 0.15) is 6.61 Å². The van der Waals surface area contributed by atoms with E-state index in [1.54, 1.807) is 0 Å². The average Bonchev–Trinajstić information content (AvgIpc) is 2.13. The Morgan fingerprint density at radius 1 is 1.15 bits per heavy atom. The Bertz CT molecular complexity index is 155. The summed E-state index contributed by atoms with van der Waals surface area (Å²) in [7, 11) is 0. The van der Waals surface area contributed by atoms with E-state index in [0.717, 1.165) is 12.8 Å². The van der Waals surface area contributed by atoms with Crippen molar-refractivity contribution in [1.82, 2.24) is 0 Å². The van der Waals surface area contributed by atoms with Crippen molar-refractivity contribution < 1.29 is 10.2 Å². The molecule has 2 N–H and O–H groups in total. The zero-order valence-electron chi connectivity index (χ0n) is 8.42. The lowest BCUT2D eigenvalue weighted by molar-refractivity contribution is 0.166. The molecule has 0 radical (unpaired) electrons. The maximum Gasteiger partial charge on any atom is 0.104 e. The van der Waals surface area contributed by atoms with Gasteiger partial charge in [0.05, 0.1) is 6.10 Å². The molecule has 0 bridgehead atoms. The minimum absolute atomic E-state index is 0.109. The highest BCUT2D eigenvalue weighted by Crippen LogP contribution is 2.07. The Labute approximate surface area is 81.0 Å². The van der Waals surface area contributed by atoms with E-state index in [1.165, 1.54) is 19.3 Å². The fourth-order valence-corrected chi connectivity index (χ4v) is 1.15. The first-order valence-electron chi connectivity index (χ1n) is 5.06. The largest absolute Gasteiger partial charge is 0.392 e. The molecule has 0 aliphatic heterocycles. The minimum Gasteiger partial charge on any atom is -0.392 e. The SMILES string of the molecule is CCCCCCC(O)CC#CCO. The summed E-state index contributed by atoms with van der Waals surface area (Å²) in [5.74, 6) is 5.25. The summed E-state index contributed by atoms with van der Waals surface area (Å²) in [5.41, 5.74) is 0. The molecule has 0 fully saturated rings. The van der Waals surface area contributed by atoms with Gasteiger partial charge in [-0.2, -0.15) is 0 Å². The lowest BCUT2D eigenvalue weighted by atomic mass is 10.1. The van der Waals surface area contributed by atoms with Gasteiger partial charge < -0.3 is 10.2 Å². The second-order valence-electron chi connectivity index (χ2n) is 3.22. The second kappa shape index (κ2) is 9.57. The molecule has 0 aromatic heterocycles. The molecule has 0 saturated carbocycles. The zero-order valence-corrected chi connectivity index (χ0v) is 8.42. The van der Waals surface area contributed by atoms with Crippen LogP contribution < -0.4 is 0 Å². The number of hydrogen-bond donors (Lipinski definition) is 2. The summed E-state index contributed by atoms with van der Waals surface area (Å²) in [6.07, 6.45) is 5.76. The van der Waals surface area contributed by atoms with Crippen LogP contribution in [0.5, 0.6) is 0 Å². The van der Waals surface area contributed by atoms with Crippen LogP contribution >= 0.6 is 0 Å². The average molecular weight is 184 g/mol. The Balaban J connectivity index is 3.24. The summed E-state index contributed by atoms with van der Waals surface area (Å²) in [5, 5.41) is 17.8. The molecule has 0 rings (SSSR count). The third-order valence-corrected chi connectivity index (χ3v) is 1.93. The van der Waals surface area contributed by atoms with E-state index in [4.69, 9.17) is 5.11 Å². The zero-order chi connectivity index (χ0) is 9.94. The van der Waals surface area contributed by atoms with Gasteiger partial charge in [0.15, 0.2) is 0 Å². The highest BCUT2D eigenvalue weighted by atomic mass is 16.3. The minimum atomic E-state index is -0.309. The molecule has 0 aliphatic carbocycles. The van der Waals surface area contributed by atoms with Crippen LogP contribution in [-0.4, -0.2) is 22.9 Å². The van der Waals surface area contributed by atoms with Gasteiger partial charge in [0.25, 0.3) is 0 Å². The summed E-state index contributed by atoms with van der Waals surface area (Å²) < 4.78 is 0. The van der Waals surface area contributed by atoms with E-state index < -0.39 is 0 Å². The van der Waals surface area contributed by atoms with Crippen LogP contribution in [0.2, 0.25) is 0 Å². The fourth-order valence-electron chi connectivity index (χ4n) is 1.15. The van der Waals surface area contributed by atoms with Crippen molar-refractivity contribution in [3.05, 3.63) is 0 Å². The molecule has 0 aromatic carbocycles. The van der Waals surface area contributed by atoms with Crippen molar-refractivity contribution in [2.75, 3.05) is 6.61 Å². The van der Waals surface area contributed by atoms with Crippen molar-refractivity contribution in [2.24, 2.45) is 0 Å². The van der Waals surface area contributed by atoms with Crippen molar-refractivity contribution in [2.45, 2.75) is 51.6 Å². The molecule has 0 spiro atoms. The van der Waals surface area contributed by atoms with Crippen LogP contribution in [0.3, 0.4) is 0 Å². The van der Waals surface area contributed by atoms with Gasteiger partial charge >= 0.3 is 0 Å². The van der Waals surface area contributed by atoms with E-state index in [1.807, 2.05) is 0 Å². The lowest BCUT2D eigenvalue weighted by Crippen LogP contribution is -2.04. The predicted octanol–water partition coefficient (Wildman–Crippen LogP) is 1.70. The van der Waals surface area contributed by atoms with Crippen LogP contribution in [0.15, 0.2) is 0 Å². The maximum atomic E-state index is 9.39. The number of rotatable bonds is 6. The molecule has 2 nitrogen and oxygen atoms in total. The van der Waals surface area contributed by atoms with E-state index in [-0.39, 0.29) is 12.7 Å². The quantitative estimate of drug-likeness (QED) is 0.487. The summed E-state index contributed by atoms with van der Waals surface area (Å²) in [4.78, 5) is 0. The Kier molecular flexibility index (Phi) is 9.18. The molecule has 0 heterocycles. The number of aliphatic hydroxyl groups excluding tert-OH is 2. The van der Waals surface area contributed by atoms with E-state index in [0.29, 0.717) is 6.42 Å². The molecule has 0 amide bonds. The second-order valence-corrected chi connectivity index (χ2v) is 3.22. The normalized spacial score (nSPS) is 11.9. The molecule has 2 heteroatoms. The molecule has 76 valence electrons. The number of unbranched alkanes of at least 4 members (excludes halogenated alkanes) is 3. The fraction of sp³-hybridized carbons (Fsp3) is 0.818. The summed E-state index contributed by atoms with van der Waals surface area (Å²) >= 11 is 0. The Morgan fingerprint density at radius 3 is 2.54 bits per heavy atom. The number of aliphatic hydroxyl groups is 2. The highest BCUT2D eigenvalue weighted by Gasteiger charge is 2.00. The van der Waals surface area contributed by atoms with Gasteiger partial charge in [-0.05, 0) is 6.42 Å². The van der Waals surface area contributed by atoms with E-state index in [9.17, 15) is 5.11 Å². The molecule has 1 unspecified atom stereocenters. The van der Waals surface area contributed by atoms with Crippen LogP contribution in [0.25, 0.3) is 0 Å². The van der Waals surface area contributed by atoms with Crippen LogP contribution in [0.1, 0.15) is 45.4 Å². The molecule has 0 aromatic rings. The van der Waals surface area contributed by atoms with Crippen LogP contribution in [0, 0.1) is 11.8 Å². The Morgan fingerprint density at radius 2 is 1.92 bits per heavy atom. The van der Waals surface area contributed by atoms with Gasteiger partial charge in [0, 0.05) is 6.42 Å². The van der Waals surface area contributed by atoms with Gasteiger partial charge in [0.2, 0.25) is 0 Å². The van der Waals surface area contributed by atoms with Gasteiger partial charge in [-0.1, -0.05) is 44.4 Å². The van der Waals surface area contributed by atoms with E-state index in [2.05, 4.69) is 18.8 Å².